The van der Waals surface area contributed by atoms with Crippen molar-refractivity contribution < 1.29 is 14.5 Å². The third-order valence-electron chi connectivity index (χ3n) is 4.39. The van der Waals surface area contributed by atoms with Crippen LogP contribution >= 0.6 is 0 Å². The Morgan fingerprint density at radius 1 is 1.12 bits per heavy atom. The van der Waals surface area contributed by atoms with Gasteiger partial charge in [0.2, 0.25) is 5.82 Å². The molecule has 0 unspecified atom stereocenters. The summed E-state index contributed by atoms with van der Waals surface area (Å²) in [5, 5.41) is 22.1. The van der Waals surface area contributed by atoms with Gasteiger partial charge in [-0.15, -0.1) is 5.10 Å². The lowest BCUT2D eigenvalue weighted by Crippen LogP contribution is -2.14. The molecule has 0 saturated heterocycles. The zero-order valence-corrected chi connectivity index (χ0v) is 18.3. The second-order valence-corrected chi connectivity index (χ2v) is 7.11. The molecule has 1 N–H and O–H groups in total. The normalized spacial score (nSPS) is 12.0. The molecule has 2 aromatic heterocycles. The van der Waals surface area contributed by atoms with Crippen molar-refractivity contribution >= 4 is 23.3 Å². The van der Waals surface area contributed by atoms with Gasteiger partial charge in [-0.25, -0.2) is 14.5 Å². The number of nitrogens with one attached hydrogen (secondary N) is 1. The minimum absolute atomic E-state index is 0.0663. The number of carbonyl (C=O) groups excluding carboxylic acids is 1. The zero-order valence-electron chi connectivity index (χ0n) is 18.3. The van der Waals surface area contributed by atoms with Crippen LogP contribution in [0.25, 0.3) is 0 Å². The van der Waals surface area contributed by atoms with Crippen LogP contribution in [0.15, 0.2) is 58.8 Å². The highest BCUT2D eigenvalue weighted by molar-refractivity contribution is 6.10. The van der Waals surface area contributed by atoms with Gasteiger partial charge in [0.1, 0.15) is 5.82 Å². The number of pyridine rings is 1. The summed E-state index contributed by atoms with van der Waals surface area (Å²) in [7, 11) is 1.72. The average Bonchev–Trinajstić information content (AvgIpc) is 3.21. The van der Waals surface area contributed by atoms with Crippen LogP contribution in [-0.2, 0) is 23.3 Å². The molecule has 0 aliphatic rings. The molecule has 1 amide bonds. The number of hydrogen-bond acceptors (Lipinski definition) is 9. The SMILES string of the molecule is C/C(=N/OC(=O)Nc1cccc(CO/N=C(/c2ccccc2)c2nnnn2C)n1)C(C)C. The molecule has 0 radical (unpaired) electrons. The molecule has 0 saturated carbocycles. The summed E-state index contributed by atoms with van der Waals surface area (Å²) in [6.45, 7) is 5.77. The molecule has 0 fully saturated rings. The molecule has 1 aromatic carbocycles. The van der Waals surface area contributed by atoms with Crippen molar-refractivity contribution in [2.75, 3.05) is 5.32 Å². The molecule has 3 aromatic rings. The van der Waals surface area contributed by atoms with Crippen molar-refractivity contribution in [3.8, 4) is 0 Å². The van der Waals surface area contributed by atoms with Gasteiger partial charge in [0.25, 0.3) is 0 Å². The lowest BCUT2D eigenvalue weighted by Gasteiger charge is -2.07. The number of hydrogen-bond donors (Lipinski definition) is 1. The fourth-order valence-corrected chi connectivity index (χ4v) is 2.39. The van der Waals surface area contributed by atoms with E-state index in [0.29, 0.717) is 28.8 Å². The van der Waals surface area contributed by atoms with Crippen LogP contribution in [0.4, 0.5) is 10.6 Å². The number of amides is 1. The number of anilines is 1. The largest absolute Gasteiger partial charge is 0.439 e. The monoisotopic (exact) mass is 436 g/mol. The lowest BCUT2D eigenvalue weighted by molar-refractivity contribution is 0.128. The Kier molecular flexibility index (Phi) is 7.57. The number of oxime groups is 2. The van der Waals surface area contributed by atoms with E-state index in [1.807, 2.05) is 44.2 Å². The highest BCUT2D eigenvalue weighted by atomic mass is 16.7. The molecule has 3 rings (SSSR count). The third-order valence-corrected chi connectivity index (χ3v) is 4.39. The second kappa shape index (κ2) is 10.8. The molecule has 2 heterocycles. The van der Waals surface area contributed by atoms with Crippen LogP contribution in [0.2, 0.25) is 0 Å². The van der Waals surface area contributed by atoms with Crippen LogP contribution in [0.3, 0.4) is 0 Å². The summed E-state index contributed by atoms with van der Waals surface area (Å²) in [4.78, 5) is 26.6. The standard InChI is InChI=1S/C21H24N8O3/c1-14(2)15(3)25-32-21(30)23-18-12-8-11-17(22-18)13-31-26-19(16-9-6-5-7-10-16)20-24-27-28-29(20)4/h5-12,14H,13H2,1-4H3,(H,22,23,30)/b25-15-,26-19-. The first-order valence-electron chi connectivity index (χ1n) is 9.90. The van der Waals surface area contributed by atoms with Gasteiger partial charge in [-0.2, -0.15) is 0 Å². The Labute approximate surface area is 185 Å². The molecule has 11 nitrogen and oxygen atoms in total. The molecule has 0 aliphatic heterocycles. The number of nitrogens with zero attached hydrogens (tertiary/aromatic N) is 7. The maximum atomic E-state index is 11.9. The molecular formula is C21H24N8O3. The Morgan fingerprint density at radius 3 is 2.59 bits per heavy atom. The highest BCUT2D eigenvalue weighted by Gasteiger charge is 2.15. The van der Waals surface area contributed by atoms with E-state index in [9.17, 15) is 4.79 Å². The van der Waals surface area contributed by atoms with E-state index >= 15 is 0 Å². The van der Waals surface area contributed by atoms with Crippen LogP contribution in [0.1, 0.15) is 37.9 Å². The van der Waals surface area contributed by atoms with E-state index in [2.05, 4.69) is 36.1 Å². The quantitative estimate of drug-likeness (QED) is 0.326. The lowest BCUT2D eigenvalue weighted by atomic mass is 10.1. The molecule has 166 valence electrons. The maximum absolute atomic E-state index is 11.9. The maximum Gasteiger partial charge on any atom is 0.439 e. The number of aromatic nitrogens is 5. The summed E-state index contributed by atoms with van der Waals surface area (Å²) in [5.74, 6) is 0.942. The van der Waals surface area contributed by atoms with Crippen molar-refractivity contribution in [1.82, 2.24) is 25.2 Å². The number of aryl methyl sites for hydroxylation is 1. The van der Waals surface area contributed by atoms with Crippen LogP contribution in [-0.4, -0.2) is 42.7 Å². The average molecular weight is 436 g/mol. The summed E-state index contributed by atoms with van der Waals surface area (Å²) < 4.78 is 1.51. The number of rotatable bonds is 8. The van der Waals surface area contributed by atoms with Crippen molar-refractivity contribution in [3.05, 3.63) is 65.6 Å². The van der Waals surface area contributed by atoms with Gasteiger partial charge in [-0.05, 0) is 35.4 Å². The van der Waals surface area contributed by atoms with Crippen molar-refractivity contribution in [2.45, 2.75) is 27.4 Å². The van der Waals surface area contributed by atoms with E-state index < -0.39 is 6.09 Å². The van der Waals surface area contributed by atoms with E-state index in [1.165, 1.54) is 4.68 Å². The molecule has 32 heavy (non-hydrogen) atoms. The van der Waals surface area contributed by atoms with E-state index in [0.717, 1.165) is 5.56 Å². The molecule has 0 atom stereocenters. The summed E-state index contributed by atoms with van der Waals surface area (Å²) >= 11 is 0. The van der Waals surface area contributed by atoms with Crippen LogP contribution in [0, 0.1) is 5.92 Å². The fourth-order valence-electron chi connectivity index (χ4n) is 2.39. The Morgan fingerprint density at radius 2 is 1.91 bits per heavy atom. The predicted octanol–water partition coefficient (Wildman–Crippen LogP) is 3.15. The van der Waals surface area contributed by atoms with Gasteiger partial charge in [0, 0.05) is 12.6 Å². The van der Waals surface area contributed by atoms with Crippen LogP contribution in [0.5, 0.6) is 0 Å². The topological polar surface area (TPSA) is 129 Å². The predicted molar refractivity (Wildman–Crippen MR) is 118 cm³/mol. The van der Waals surface area contributed by atoms with Crippen molar-refractivity contribution in [3.63, 3.8) is 0 Å². The first-order chi connectivity index (χ1) is 15.4. The summed E-state index contributed by atoms with van der Waals surface area (Å²) in [6, 6.07) is 14.6. The van der Waals surface area contributed by atoms with E-state index in [4.69, 9.17) is 9.68 Å². The number of benzene rings is 1. The third kappa shape index (κ3) is 6.17. The first kappa shape index (κ1) is 22.5. The molecule has 0 aliphatic carbocycles. The number of tetrazole rings is 1. The van der Waals surface area contributed by atoms with Gasteiger partial charge in [0.05, 0.1) is 11.4 Å². The summed E-state index contributed by atoms with van der Waals surface area (Å²) in [6.07, 6.45) is -0.727. The van der Waals surface area contributed by atoms with Gasteiger partial charge < -0.3 is 4.84 Å². The van der Waals surface area contributed by atoms with Gasteiger partial charge in [0.15, 0.2) is 12.3 Å². The Bertz CT molecular complexity index is 1110. The van der Waals surface area contributed by atoms with E-state index in [-0.39, 0.29) is 12.5 Å². The Hall–Kier alpha value is -4.15. The fraction of sp³-hybridized carbons (Fsp3) is 0.286. The molecule has 0 spiro atoms. The van der Waals surface area contributed by atoms with E-state index in [1.54, 1.807) is 32.2 Å². The molecule has 11 heteroatoms. The molecule has 0 bridgehead atoms. The molecular weight excluding hydrogens is 412 g/mol. The smallest absolute Gasteiger partial charge is 0.389 e. The van der Waals surface area contributed by atoms with Gasteiger partial charge in [-0.3, -0.25) is 10.2 Å². The van der Waals surface area contributed by atoms with Gasteiger partial charge in [-0.1, -0.05) is 60.6 Å². The van der Waals surface area contributed by atoms with Crippen molar-refractivity contribution in [2.24, 2.45) is 23.3 Å². The highest BCUT2D eigenvalue weighted by Crippen LogP contribution is 2.11. The second-order valence-electron chi connectivity index (χ2n) is 7.11. The summed E-state index contributed by atoms with van der Waals surface area (Å²) in [5.41, 5.74) is 2.54. The number of carbonyl (C=O) groups is 1. The first-order valence-corrected chi connectivity index (χ1v) is 9.90. The van der Waals surface area contributed by atoms with Gasteiger partial charge >= 0.3 is 6.09 Å². The zero-order chi connectivity index (χ0) is 22.9. The minimum Gasteiger partial charge on any atom is -0.389 e. The van der Waals surface area contributed by atoms with Crippen molar-refractivity contribution in [1.29, 1.82) is 0 Å². The Balaban J connectivity index is 1.67. The van der Waals surface area contributed by atoms with Crippen LogP contribution < -0.4 is 5.32 Å². The minimum atomic E-state index is -0.727.